The second-order valence-electron chi connectivity index (χ2n) is 9.31. The number of amides is 2. The molecule has 0 saturated carbocycles. The van der Waals surface area contributed by atoms with Gasteiger partial charge in [0, 0.05) is 28.7 Å². The molecule has 3 rings (SSSR count). The monoisotopic (exact) mass is 619 g/mol. The SMILES string of the molecule is CCCCNC(=O)C(CC)N(Cc1c(Cl)cccc1Cl)C(=O)CN(c1ccccc1)S(=O)(=O)c1ccc(OC)cc1. The molecule has 0 fully saturated rings. The maximum absolute atomic E-state index is 14.1. The molecule has 3 aromatic carbocycles. The first kappa shape index (κ1) is 32.2. The van der Waals surface area contributed by atoms with Crippen molar-refractivity contribution >= 4 is 50.7 Å². The van der Waals surface area contributed by atoms with Gasteiger partial charge in [-0.3, -0.25) is 13.9 Å². The van der Waals surface area contributed by atoms with E-state index < -0.39 is 28.5 Å². The van der Waals surface area contributed by atoms with Crippen LogP contribution in [0.1, 0.15) is 38.7 Å². The van der Waals surface area contributed by atoms with Crippen molar-refractivity contribution in [3.05, 3.63) is 88.4 Å². The highest BCUT2D eigenvalue weighted by molar-refractivity contribution is 7.92. The molecule has 0 saturated heterocycles. The highest BCUT2D eigenvalue weighted by Crippen LogP contribution is 2.29. The van der Waals surface area contributed by atoms with Crippen LogP contribution in [-0.4, -0.2) is 51.4 Å². The number of carbonyl (C=O) groups excluding carboxylic acids is 2. The van der Waals surface area contributed by atoms with Gasteiger partial charge in [-0.15, -0.1) is 0 Å². The number of sulfonamides is 1. The molecule has 11 heteroatoms. The Hall–Kier alpha value is -3.27. The highest BCUT2D eigenvalue weighted by atomic mass is 35.5. The van der Waals surface area contributed by atoms with Crippen LogP contribution >= 0.6 is 23.2 Å². The molecular formula is C30H35Cl2N3O5S. The summed E-state index contributed by atoms with van der Waals surface area (Å²) in [6, 6.07) is 18.4. The lowest BCUT2D eigenvalue weighted by atomic mass is 10.1. The summed E-state index contributed by atoms with van der Waals surface area (Å²) in [7, 11) is -2.70. The second kappa shape index (κ2) is 15.1. The zero-order valence-corrected chi connectivity index (χ0v) is 25.7. The Morgan fingerprint density at radius 1 is 0.927 bits per heavy atom. The van der Waals surface area contributed by atoms with Crippen molar-refractivity contribution in [2.45, 2.75) is 50.6 Å². The zero-order chi connectivity index (χ0) is 30.0. The summed E-state index contributed by atoms with van der Waals surface area (Å²) in [5, 5.41) is 3.57. The van der Waals surface area contributed by atoms with Gasteiger partial charge in [-0.05, 0) is 61.4 Å². The minimum Gasteiger partial charge on any atom is -0.497 e. The minimum absolute atomic E-state index is 0.0139. The van der Waals surface area contributed by atoms with Crippen LogP contribution < -0.4 is 14.4 Å². The van der Waals surface area contributed by atoms with Crippen LogP contribution in [0.25, 0.3) is 0 Å². The van der Waals surface area contributed by atoms with E-state index in [-0.39, 0.29) is 17.3 Å². The third-order valence-electron chi connectivity index (χ3n) is 6.58. The van der Waals surface area contributed by atoms with Gasteiger partial charge in [0.1, 0.15) is 18.3 Å². The predicted molar refractivity (Wildman–Crippen MR) is 163 cm³/mol. The molecule has 0 spiro atoms. The summed E-state index contributed by atoms with van der Waals surface area (Å²) in [5.74, 6) is -0.421. The van der Waals surface area contributed by atoms with Crippen molar-refractivity contribution in [3.63, 3.8) is 0 Å². The Morgan fingerprint density at radius 2 is 1.56 bits per heavy atom. The van der Waals surface area contributed by atoms with Gasteiger partial charge in [0.05, 0.1) is 17.7 Å². The molecule has 0 aromatic heterocycles. The third kappa shape index (κ3) is 8.15. The number of halogens is 2. The Morgan fingerprint density at radius 3 is 2.12 bits per heavy atom. The first-order chi connectivity index (χ1) is 19.6. The normalized spacial score (nSPS) is 11.9. The Balaban J connectivity index is 2.05. The number of unbranched alkanes of at least 4 members (excludes halogenated alkanes) is 1. The highest BCUT2D eigenvalue weighted by Gasteiger charge is 2.34. The number of ether oxygens (including phenoxy) is 1. The van der Waals surface area contributed by atoms with Gasteiger partial charge >= 0.3 is 0 Å². The summed E-state index contributed by atoms with van der Waals surface area (Å²) < 4.78 is 34.0. The molecule has 2 amide bonds. The number of hydrogen-bond acceptors (Lipinski definition) is 5. The molecular weight excluding hydrogens is 585 g/mol. The molecule has 0 aliphatic rings. The van der Waals surface area contributed by atoms with Gasteiger partial charge in [-0.2, -0.15) is 0 Å². The fraction of sp³-hybridized carbons (Fsp3) is 0.333. The molecule has 8 nitrogen and oxygen atoms in total. The average molecular weight is 621 g/mol. The molecule has 1 unspecified atom stereocenters. The van der Waals surface area contributed by atoms with Gasteiger partial charge in [-0.1, -0.05) is 67.7 Å². The van der Waals surface area contributed by atoms with Gasteiger partial charge < -0.3 is 15.0 Å². The summed E-state index contributed by atoms with van der Waals surface area (Å²) in [4.78, 5) is 28.7. The van der Waals surface area contributed by atoms with E-state index in [2.05, 4.69) is 5.32 Å². The summed E-state index contributed by atoms with van der Waals surface area (Å²) in [5.41, 5.74) is 0.765. The van der Waals surface area contributed by atoms with E-state index in [1.165, 1.54) is 36.3 Å². The van der Waals surface area contributed by atoms with Gasteiger partial charge in [0.15, 0.2) is 0 Å². The van der Waals surface area contributed by atoms with Crippen LogP contribution in [0.2, 0.25) is 10.0 Å². The fourth-order valence-electron chi connectivity index (χ4n) is 4.28. The number of anilines is 1. The summed E-state index contributed by atoms with van der Waals surface area (Å²) in [6.45, 7) is 3.63. The van der Waals surface area contributed by atoms with Gasteiger partial charge in [0.2, 0.25) is 11.8 Å². The average Bonchev–Trinajstić information content (AvgIpc) is 2.97. The van der Waals surface area contributed by atoms with Crippen LogP contribution in [0, 0.1) is 0 Å². The Kier molecular flexibility index (Phi) is 11.9. The largest absolute Gasteiger partial charge is 0.497 e. The summed E-state index contributed by atoms with van der Waals surface area (Å²) >= 11 is 12.9. The molecule has 0 bridgehead atoms. The van der Waals surface area contributed by atoms with Crippen molar-refractivity contribution in [3.8, 4) is 5.75 Å². The molecule has 41 heavy (non-hydrogen) atoms. The number of benzene rings is 3. The number of rotatable bonds is 14. The van der Waals surface area contributed by atoms with E-state index in [4.69, 9.17) is 27.9 Å². The van der Waals surface area contributed by atoms with Crippen molar-refractivity contribution in [2.75, 3.05) is 24.5 Å². The van der Waals surface area contributed by atoms with E-state index in [1.807, 2.05) is 6.92 Å². The maximum atomic E-state index is 14.1. The fourth-order valence-corrected chi connectivity index (χ4v) is 6.21. The Bertz CT molecular complexity index is 1400. The van der Waals surface area contributed by atoms with Crippen molar-refractivity contribution < 1.29 is 22.7 Å². The molecule has 220 valence electrons. The molecule has 0 aliphatic heterocycles. The first-order valence-corrected chi connectivity index (χ1v) is 15.6. The zero-order valence-electron chi connectivity index (χ0n) is 23.3. The topological polar surface area (TPSA) is 96.0 Å². The van der Waals surface area contributed by atoms with Crippen molar-refractivity contribution in [1.82, 2.24) is 10.2 Å². The van der Waals surface area contributed by atoms with Gasteiger partial charge in [0.25, 0.3) is 10.0 Å². The van der Waals surface area contributed by atoms with E-state index >= 15 is 0 Å². The lowest BCUT2D eigenvalue weighted by Gasteiger charge is -2.33. The van der Waals surface area contributed by atoms with Crippen molar-refractivity contribution in [1.29, 1.82) is 0 Å². The molecule has 0 radical (unpaired) electrons. The number of methoxy groups -OCH3 is 1. The van der Waals surface area contributed by atoms with Crippen LogP contribution in [0.4, 0.5) is 5.69 Å². The number of nitrogens with one attached hydrogen (secondary N) is 1. The third-order valence-corrected chi connectivity index (χ3v) is 9.07. The van der Waals surface area contributed by atoms with E-state index in [0.717, 1.165) is 17.1 Å². The van der Waals surface area contributed by atoms with E-state index in [1.54, 1.807) is 55.5 Å². The van der Waals surface area contributed by atoms with E-state index in [9.17, 15) is 18.0 Å². The van der Waals surface area contributed by atoms with Gasteiger partial charge in [-0.25, -0.2) is 8.42 Å². The Labute approximate surface area is 252 Å². The number of carbonyl (C=O) groups is 2. The van der Waals surface area contributed by atoms with Crippen LogP contribution in [0.5, 0.6) is 5.75 Å². The quantitative estimate of drug-likeness (QED) is 0.226. The summed E-state index contributed by atoms with van der Waals surface area (Å²) in [6.07, 6.45) is 1.97. The van der Waals surface area contributed by atoms with Crippen LogP contribution in [0.3, 0.4) is 0 Å². The molecule has 0 heterocycles. The van der Waals surface area contributed by atoms with E-state index in [0.29, 0.717) is 40.0 Å². The molecule has 3 aromatic rings. The lowest BCUT2D eigenvalue weighted by Crippen LogP contribution is -2.52. The van der Waals surface area contributed by atoms with Crippen molar-refractivity contribution in [2.24, 2.45) is 0 Å². The van der Waals surface area contributed by atoms with Crippen LogP contribution in [0.15, 0.2) is 77.7 Å². The second-order valence-corrected chi connectivity index (χ2v) is 12.0. The molecule has 1 N–H and O–H groups in total. The smallest absolute Gasteiger partial charge is 0.264 e. The van der Waals surface area contributed by atoms with Crippen LogP contribution in [-0.2, 0) is 26.2 Å². The standard InChI is InChI=1S/C30H35Cl2N3O5S/c1-4-6-19-33-30(37)28(5-2)34(20-25-26(31)13-10-14-27(25)32)29(36)21-35(22-11-8-7-9-12-22)41(38,39)24-17-15-23(40-3)16-18-24/h7-18,28H,4-6,19-21H2,1-3H3,(H,33,37). The number of nitrogens with zero attached hydrogens (tertiary/aromatic N) is 2. The minimum atomic E-state index is -4.19. The molecule has 1 atom stereocenters. The molecule has 0 aliphatic carbocycles. The maximum Gasteiger partial charge on any atom is 0.264 e. The first-order valence-electron chi connectivity index (χ1n) is 13.4. The number of para-hydroxylation sites is 1. The lowest BCUT2D eigenvalue weighted by molar-refractivity contribution is -0.140. The predicted octanol–water partition coefficient (Wildman–Crippen LogP) is 5.92. The number of hydrogen-bond donors (Lipinski definition) is 1.